The summed E-state index contributed by atoms with van der Waals surface area (Å²) in [6.45, 7) is 5.19. The van der Waals surface area contributed by atoms with Gasteiger partial charge in [0.2, 0.25) is 0 Å². The smallest absolute Gasteiger partial charge is 0.0859 e. The van der Waals surface area contributed by atoms with Crippen molar-refractivity contribution in [3.63, 3.8) is 0 Å². The number of ether oxygens (including phenoxy) is 1. The fourth-order valence-corrected chi connectivity index (χ4v) is 3.12. The molecular weight excluding hydrogens is 160 g/mol. The molecule has 1 nitrogen and oxygen atoms in total. The van der Waals surface area contributed by atoms with Crippen LogP contribution >= 0.6 is 0 Å². The summed E-state index contributed by atoms with van der Waals surface area (Å²) in [7, 11) is 0. The van der Waals surface area contributed by atoms with Crippen LogP contribution < -0.4 is 0 Å². The predicted octanol–water partition coefficient (Wildman–Crippen LogP) is 2.83. The molecule has 0 spiro atoms. The molecule has 1 heteroatoms. The van der Waals surface area contributed by atoms with E-state index in [1.54, 1.807) is 11.1 Å². The van der Waals surface area contributed by atoms with Crippen molar-refractivity contribution >= 4 is 0 Å². The summed E-state index contributed by atoms with van der Waals surface area (Å²) in [5, 5.41) is 0. The molecule has 2 atom stereocenters. The highest BCUT2D eigenvalue weighted by atomic mass is 16.5. The Balaban J connectivity index is 2.01. The SMILES string of the molecule is C=C1C2=C(CCCC2)[C@@H]2OCC[C@H]12. The summed E-state index contributed by atoms with van der Waals surface area (Å²) in [4.78, 5) is 0. The fraction of sp³-hybridized carbons (Fsp3) is 0.667. The molecule has 1 fully saturated rings. The Labute approximate surface area is 79.5 Å². The quantitative estimate of drug-likeness (QED) is 0.551. The second-order valence-electron chi connectivity index (χ2n) is 4.42. The van der Waals surface area contributed by atoms with Gasteiger partial charge < -0.3 is 4.74 Å². The Kier molecular flexibility index (Phi) is 1.63. The zero-order valence-electron chi connectivity index (χ0n) is 8.01. The summed E-state index contributed by atoms with van der Waals surface area (Å²) < 4.78 is 5.80. The highest BCUT2D eigenvalue weighted by Crippen LogP contribution is 2.48. The van der Waals surface area contributed by atoms with Crippen molar-refractivity contribution in [2.24, 2.45) is 5.92 Å². The molecule has 0 saturated carbocycles. The third-order valence-corrected chi connectivity index (χ3v) is 3.78. The Morgan fingerprint density at radius 2 is 2.08 bits per heavy atom. The van der Waals surface area contributed by atoms with E-state index in [9.17, 15) is 0 Å². The first-order chi connectivity index (χ1) is 6.38. The van der Waals surface area contributed by atoms with Gasteiger partial charge >= 0.3 is 0 Å². The van der Waals surface area contributed by atoms with Gasteiger partial charge in [0.15, 0.2) is 0 Å². The molecule has 2 aliphatic carbocycles. The van der Waals surface area contributed by atoms with Crippen LogP contribution in [0.1, 0.15) is 32.1 Å². The van der Waals surface area contributed by atoms with Gasteiger partial charge in [-0.15, -0.1) is 0 Å². The number of hydrogen-bond acceptors (Lipinski definition) is 1. The predicted molar refractivity (Wildman–Crippen MR) is 52.5 cm³/mol. The number of fused-ring (bicyclic) bond motifs is 2. The largest absolute Gasteiger partial charge is 0.373 e. The lowest BCUT2D eigenvalue weighted by molar-refractivity contribution is 0.126. The fourth-order valence-electron chi connectivity index (χ4n) is 3.12. The van der Waals surface area contributed by atoms with E-state index in [0.717, 1.165) is 6.61 Å². The van der Waals surface area contributed by atoms with Crippen molar-refractivity contribution in [2.45, 2.75) is 38.2 Å². The molecule has 0 amide bonds. The van der Waals surface area contributed by atoms with Gasteiger partial charge in [-0.1, -0.05) is 6.58 Å². The molecule has 0 bridgehead atoms. The van der Waals surface area contributed by atoms with Gasteiger partial charge in [0, 0.05) is 12.5 Å². The van der Waals surface area contributed by atoms with Crippen LogP contribution in [-0.2, 0) is 4.74 Å². The molecule has 3 rings (SSSR count). The average Bonchev–Trinajstić information content (AvgIpc) is 2.72. The van der Waals surface area contributed by atoms with Crippen molar-refractivity contribution in [1.29, 1.82) is 0 Å². The minimum absolute atomic E-state index is 0.447. The van der Waals surface area contributed by atoms with Gasteiger partial charge in [0.05, 0.1) is 6.10 Å². The topological polar surface area (TPSA) is 9.23 Å². The highest BCUT2D eigenvalue weighted by molar-refractivity contribution is 5.46. The van der Waals surface area contributed by atoms with Gasteiger partial charge in [0.25, 0.3) is 0 Å². The van der Waals surface area contributed by atoms with Crippen LogP contribution in [0.2, 0.25) is 0 Å². The van der Waals surface area contributed by atoms with Crippen LogP contribution in [0.3, 0.4) is 0 Å². The van der Waals surface area contributed by atoms with Crippen molar-refractivity contribution < 1.29 is 4.74 Å². The summed E-state index contributed by atoms with van der Waals surface area (Å²) in [6.07, 6.45) is 6.91. The molecule has 13 heavy (non-hydrogen) atoms. The Hall–Kier alpha value is -0.560. The van der Waals surface area contributed by atoms with Crippen molar-refractivity contribution in [1.82, 2.24) is 0 Å². The third kappa shape index (κ3) is 0.969. The number of rotatable bonds is 0. The Morgan fingerprint density at radius 1 is 1.23 bits per heavy atom. The van der Waals surface area contributed by atoms with E-state index in [0.29, 0.717) is 12.0 Å². The van der Waals surface area contributed by atoms with Gasteiger partial charge in [-0.2, -0.15) is 0 Å². The van der Waals surface area contributed by atoms with Crippen LogP contribution in [0.25, 0.3) is 0 Å². The first-order valence-electron chi connectivity index (χ1n) is 5.40. The van der Waals surface area contributed by atoms with Crippen molar-refractivity contribution in [2.75, 3.05) is 6.61 Å². The highest BCUT2D eigenvalue weighted by Gasteiger charge is 2.41. The lowest BCUT2D eigenvalue weighted by Crippen LogP contribution is -2.13. The molecule has 70 valence electrons. The van der Waals surface area contributed by atoms with E-state index < -0.39 is 0 Å². The number of hydrogen-bond donors (Lipinski definition) is 0. The van der Waals surface area contributed by atoms with E-state index in [4.69, 9.17) is 4.74 Å². The zero-order chi connectivity index (χ0) is 8.84. The molecule has 1 heterocycles. The molecule has 1 saturated heterocycles. The lowest BCUT2D eigenvalue weighted by atomic mass is 9.92. The molecule has 1 aliphatic heterocycles. The van der Waals surface area contributed by atoms with Crippen LogP contribution in [0.15, 0.2) is 23.3 Å². The molecule has 0 N–H and O–H groups in total. The van der Waals surface area contributed by atoms with Gasteiger partial charge in [-0.25, -0.2) is 0 Å². The molecule has 3 aliphatic rings. The summed E-state index contributed by atoms with van der Waals surface area (Å²) in [6, 6.07) is 0. The van der Waals surface area contributed by atoms with Crippen LogP contribution in [-0.4, -0.2) is 12.7 Å². The molecule has 0 aromatic heterocycles. The molecule has 0 aromatic rings. The Bertz CT molecular complexity index is 287. The van der Waals surface area contributed by atoms with Gasteiger partial charge in [-0.05, 0) is 48.8 Å². The average molecular weight is 176 g/mol. The lowest BCUT2D eigenvalue weighted by Gasteiger charge is -2.17. The molecule has 0 aromatic carbocycles. The van der Waals surface area contributed by atoms with E-state index >= 15 is 0 Å². The second-order valence-corrected chi connectivity index (χ2v) is 4.42. The monoisotopic (exact) mass is 176 g/mol. The van der Waals surface area contributed by atoms with Gasteiger partial charge in [-0.3, -0.25) is 0 Å². The second kappa shape index (κ2) is 2.71. The standard InChI is InChI=1S/C12H16O/c1-8-9-4-2-3-5-11(9)12-10(8)6-7-13-12/h10,12H,1-7H2/t10-,12-/m1/s1. The first kappa shape index (κ1) is 7.81. The summed E-state index contributed by atoms with van der Waals surface area (Å²) >= 11 is 0. The van der Waals surface area contributed by atoms with Crippen LogP contribution in [0.5, 0.6) is 0 Å². The summed E-state index contributed by atoms with van der Waals surface area (Å²) in [5.74, 6) is 0.656. The maximum atomic E-state index is 5.80. The summed E-state index contributed by atoms with van der Waals surface area (Å²) in [5.41, 5.74) is 4.61. The minimum atomic E-state index is 0.447. The third-order valence-electron chi connectivity index (χ3n) is 3.78. The zero-order valence-corrected chi connectivity index (χ0v) is 8.01. The molecule has 0 radical (unpaired) electrons. The van der Waals surface area contributed by atoms with E-state index in [2.05, 4.69) is 6.58 Å². The van der Waals surface area contributed by atoms with Crippen molar-refractivity contribution in [3.8, 4) is 0 Å². The molecule has 0 unspecified atom stereocenters. The van der Waals surface area contributed by atoms with E-state index in [1.807, 2.05) is 0 Å². The van der Waals surface area contributed by atoms with Crippen molar-refractivity contribution in [3.05, 3.63) is 23.3 Å². The van der Waals surface area contributed by atoms with E-state index in [-0.39, 0.29) is 0 Å². The maximum Gasteiger partial charge on any atom is 0.0859 e. The van der Waals surface area contributed by atoms with Crippen LogP contribution in [0, 0.1) is 5.92 Å². The van der Waals surface area contributed by atoms with Gasteiger partial charge in [0.1, 0.15) is 0 Å². The molecular formula is C12H16O. The minimum Gasteiger partial charge on any atom is -0.373 e. The van der Waals surface area contributed by atoms with Crippen LogP contribution in [0.4, 0.5) is 0 Å². The number of allylic oxidation sites excluding steroid dienone is 1. The maximum absolute atomic E-state index is 5.80. The normalized spacial score (nSPS) is 38.0. The Morgan fingerprint density at radius 3 is 3.00 bits per heavy atom. The first-order valence-corrected chi connectivity index (χ1v) is 5.40. The van der Waals surface area contributed by atoms with E-state index in [1.165, 1.54) is 37.7 Å².